The molecule has 0 aliphatic heterocycles. The Hall–Kier alpha value is -3.55. The molecular formula is C29H25BrN4OS. The van der Waals surface area contributed by atoms with E-state index in [-0.39, 0.29) is 0 Å². The van der Waals surface area contributed by atoms with Gasteiger partial charge >= 0.3 is 0 Å². The maximum absolute atomic E-state index is 13.1. The topological polar surface area (TPSA) is 66.9 Å². The smallest absolute Gasteiger partial charge is 0.182 e. The van der Waals surface area contributed by atoms with Crippen LogP contribution in [0.15, 0.2) is 106 Å². The van der Waals surface area contributed by atoms with Gasteiger partial charge in [-0.1, -0.05) is 78.3 Å². The molecule has 1 unspecified atom stereocenters. The zero-order valence-corrected chi connectivity index (χ0v) is 22.3. The molecule has 0 fully saturated rings. The average molecular weight is 558 g/mol. The summed E-state index contributed by atoms with van der Waals surface area (Å²) in [4.78, 5) is 10.2. The Morgan fingerprint density at radius 1 is 0.750 bits per heavy atom. The van der Waals surface area contributed by atoms with Crippen LogP contribution in [0.1, 0.15) is 25.3 Å². The van der Waals surface area contributed by atoms with Gasteiger partial charge in [0.25, 0.3) is 0 Å². The quantitative estimate of drug-likeness (QED) is 0.212. The lowest BCUT2D eigenvalue weighted by atomic mass is 9.98. The van der Waals surface area contributed by atoms with Crippen LogP contribution in [-0.2, 0) is 11.0 Å². The Morgan fingerprint density at radius 3 is 2.08 bits per heavy atom. The van der Waals surface area contributed by atoms with Crippen LogP contribution in [0.4, 0.5) is 17.3 Å². The van der Waals surface area contributed by atoms with Gasteiger partial charge in [0.05, 0.1) is 15.9 Å². The zero-order valence-electron chi connectivity index (χ0n) is 19.9. The summed E-state index contributed by atoms with van der Waals surface area (Å²) in [6.45, 7) is 4.39. The van der Waals surface area contributed by atoms with E-state index in [1.807, 2.05) is 60.7 Å². The molecule has 2 N–H and O–H groups in total. The fourth-order valence-corrected chi connectivity index (χ4v) is 4.92. The fraction of sp³-hybridized carbons (Fsp3) is 0.103. The Labute approximate surface area is 221 Å². The number of hydrogen-bond acceptors (Lipinski definition) is 4. The van der Waals surface area contributed by atoms with Crippen molar-refractivity contribution in [2.45, 2.75) is 24.7 Å². The van der Waals surface area contributed by atoms with Gasteiger partial charge in [-0.3, -0.25) is 4.72 Å². The molecule has 0 saturated carbocycles. The highest BCUT2D eigenvalue weighted by atomic mass is 79.9. The third-order valence-corrected chi connectivity index (χ3v) is 7.43. The van der Waals surface area contributed by atoms with Crippen molar-refractivity contribution in [3.63, 3.8) is 0 Å². The summed E-state index contributed by atoms with van der Waals surface area (Å²) in [5.41, 5.74) is 5.88. The van der Waals surface area contributed by atoms with E-state index in [0.717, 1.165) is 32.3 Å². The van der Waals surface area contributed by atoms with Gasteiger partial charge in [0.2, 0.25) is 0 Å². The average Bonchev–Trinajstić information content (AvgIpc) is 2.89. The highest BCUT2D eigenvalue weighted by Crippen LogP contribution is 2.29. The van der Waals surface area contributed by atoms with Crippen molar-refractivity contribution in [2.75, 3.05) is 10.0 Å². The first kappa shape index (κ1) is 24.2. The molecule has 0 saturated heterocycles. The summed E-state index contributed by atoms with van der Waals surface area (Å²) in [5.74, 6) is 1.42. The number of nitrogens with zero attached hydrogens (tertiary/aromatic N) is 2. The van der Waals surface area contributed by atoms with Crippen molar-refractivity contribution in [3.05, 3.63) is 107 Å². The molecule has 0 bridgehead atoms. The number of rotatable bonds is 7. The number of hydrogen-bond donors (Lipinski definition) is 2. The molecule has 0 amide bonds. The number of aromatic nitrogens is 2. The molecule has 4 aromatic carbocycles. The number of benzene rings is 4. The molecule has 36 heavy (non-hydrogen) atoms. The second-order valence-electron chi connectivity index (χ2n) is 8.72. The van der Waals surface area contributed by atoms with E-state index in [0.29, 0.717) is 22.4 Å². The van der Waals surface area contributed by atoms with Gasteiger partial charge in [0, 0.05) is 10.2 Å². The van der Waals surface area contributed by atoms with Crippen LogP contribution in [0.25, 0.3) is 22.2 Å². The summed E-state index contributed by atoms with van der Waals surface area (Å²) >= 11 is 3.42. The van der Waals surface area contributed by atoms with Gasteiger partial charge in [-0.2, -0.15) is 0 Å². The van der Waals surface area contributed by atoms with Crippen LogP contribution in [0, 0.1) is 0 Å². The highest BCUT2D eigenvalue weighted by molar-refractivity contribution is 9.10. The number of anilines is 3. The SMILES string of the molecule is CC(C)c1ccc(-c2cccc(Nc3nc4ccccc4nc3NS(=O)c3ccc(Br)cc3)c2)cc1. The predicted molar refractivity (Wildman–Crippen MR) is 153 cm³/mol. The zero-order chi connectivity index (χ0) is 25.1. The summed E-state index contributed by atoms with van der Waals surface area (Å²) in [5, 5.41) is 3.39. The van der Waals surface area contributed by atoms with Gasteiger partial charge in [-0.25, -0.2) is 14.2 Å². The number of para-hydroxylation sites is 2. The fourth-order valence-electron chi connectivity index (χ4n) is 3.84. The Bertz CT molecular complexity index is 1540. The molecule has 0 spiro atoms. The van der Waals surface area contributed by atoms with Gasteiger partial charge in [-0.05, 0) is 71.1 Å². The van der Waals surface area contributed by atoms with Crippen LogP contribution in [0.2, 0.25) is 0 Å². The van der Waals surface area contributed by atoms with Crippen LogP contribution < -0.4 is 10.0 Å². The number of halogens is 1. The number of fused-ring (bicyclic) bond motifs is 1. The standard InChI is InChI=1S/C29H25BrN4OS/c1-19(2)20-10-12-21(13-11-20)22-6-5-7-24(18-22)31-28-29(33-27-9-4-3-8-26(27)32-28)34-36(35)25-16-14-23(30)15-17-25/h3-19H,1-2H3,(H,31,32)(H,33,34). The van der Waals surface area contributed by atoms with Crippen molar-refractivity contribution >= 4 is 55.3 Å². The molecule has 0 aliphatic carbocycles. The molecule has 1 atom stereocenters. The lowest BCUT2D eigenvalue weighted by Crippen LogP contribution is -2.10. The first-order valence-electron chi connectivity index (χ1n) is 11.6. The van der Waals surface area contributed by atoms with E-state index in [9.17, 15) is 4.21 Å². The second kappa shape index (κ2) is 10.6. The molecule has 0 radical (unpaired) electrons. The van der Waals surface area contributed by atoms with Crippen molar-refractivity contribution in [2.24, 2.45) is 0 Å². The normalized spacial score (nSPS) is 12.0. The monoisotopic (exact) mass is 556 g/mol. The van der Waals surface area contributed by atoms with Crippen LogP contribution in [-0.4, -0.2) is 14.2 Å². The minimum absolute atomic E-state index is 0.418. The van der Waals surface area contributed by atoms with Gasteiger partial charge in [0.1, 0.15) is 0 Å². The van der Waals surface area contributed by atoms with Crippen LogP contribution in [0.3, 0.4) is 0 Å². The molecule has 7 heteroatoms. The molecule has 180 valence electrons. The van der Waals surface area contributed by atoms with Crippen molar-refractivity contribution in [3.8, 4) is 11.1 Å². The molecule has 0 aliphatic rings. The van der Waals surface area contributed by atoms with E-state index in [2.05, 4.69) is 76.2 Å². The number of nitrogens with one attached hydrogen (secondary N) is 2. The molecule has 1 heterocycles. The Kier molecular flexibility index (Phi) is 7.11. The Balaban J connectivity index is 1.47. The van der Waals surface area contributed by atoms with E-state index in [1.165, 1.54) is 5.56 Å². The van der Waals surface area contributed by atoms with Gasteiger partial charge < -0.3 is 5.32 Å². The van der Waals surface area contributed by atoms with Crippen LogP contribution >= 0.6 is 15.9 Å². The maximum atomic E-state index is 13.1. The molecular weight excluding hydrogens is 532 g/mol. The third-order valence-electron chi connectivity index (χ3n) is 5.82. The van der Waals surface area contributed by atoms with Crippen LogP contribution in [0.5, 0.6) is 0 Å². The first-order chi connectivity index (χ1) is 17.5. The lowest BCUT2D eigenvalue weighted by molar-refractivity contribution is 0.686. The summed E-state index contributed by atoms with van der Waals surface area (Å²) in [6.07, 6.45) is 0. The third kappa shape index (κ3) is 5.48. The lowest BCUT2D eigenvalue weighted by Gasteiger charge is -2.14. The summed E-state index contributed by atoms with van der Waals surface area (Å²) in [7, 11) is -1.51. The van der Waals surface area contributed by atoms with Crippen molar-refractivity contribution < 1.29 is 4.21 Å². The maximum Gasteiger partial charge on any atom is 0.182 e. The van der Waals surface area contributed by atoms with Crippen molar-refractivity contribution in [1.29, 1.82) is 0 Å². The summed E-state index contributed by atoms with van der Waals surface area (Å²) < 4.78 is 17.0. The second-order valence-corrected chi connectivity index (χ2v) is 10.8. The minimum atomic E-state index is -1.51. The largest absolute Gasteiger partial charge is 0.337 e. The molecule has 1 aromatic heterocycles. The van der Waals surface area contributed by atoms with E-state index in [4.69, 9.17) is 9.97 Å². The Morgan fingerprint density at radius 2 is 1.42 bits per heavy atom. The van der Waals surface area contributed by atoms with Gasteiger partial charge in [0.15, 0.2) is 22.6 Å². The molecule has 5 aromatic rings. The first-order valence-corrected chi connectivity index (χ1v) is 13.6. The molecule has 5 nitrogen and oxygen atoms in total. The van der Waals surface area contributed by atoms with E-state index >= 15 is 0 Å². The highest BCUT2D eigenvalue weighted by Gasteiger charge is 2.14. The van der Waals surface area contributed by atoms with E-state index < -0.39 is 11.0 Å². The molecule has 5 rings (SSSR count). The minimum Gasteiger partial charge on any atom is -0.337 e. The van der Waals surface area contributed by atoms with Gasteiger partial charge in [-0.15, -0.1) is 0 Å². The van der Waals surface area contributed by atoms with E-state index in [1.54, 1.807) is 0 Å². The van der Waals surface area contributed by atoms with Crippen molar-refractivity contribution in [1.82, 2.24) is 9.97 Å². The summed E-state index contributed by atoms with van der Waals surface area (Å²) in [6, 6.07) is 31.8. The predicted octanol–water partition coefficient (Wildman–Crippen LogP) is 8.06.